The molecule has 172 valence electrons. The van der Waals surface area contributed by atoms with Gasteiger partial charge in [-0.15, -0.1) is 0 Å². The third kappa shape index (κ3) is 5.00. The van der Waals surface area contributed by atoms with Crippen molar-refractivity contribution in [1.82, 2.24) is 4.90 Å². The fourth-order valence-electron chi connectivity index (χ4n) is 3.58. The second-order valence-electron chi connectivity index (χ2n) is 8.66. The largest absolute Gasteiger partial charge is 0.489 e. The van der Waals surface area contributed by atoms with Gasteiger partial charge in [-0.3, -0.25) is 4.90 Å². The second kappa shape index (κ2) is 9.14. The van der Waals surface area contributed by atoms with Gasteiger partial charge in [0.25, 0.3) is 0 Å². The zero-order valence-corrected chi connectivity index (χ0v) is 18.8. The Morgan fingerprint density at radius 2 is 1.88 bits per heavy atom. The van der Waals surface area contributed by atoms with Crippen LogP contribution in [-0.2, 0) is 27.3 Å². The van der Waals surface area contributed by atoms with Crippen LogP contribution in [0.5, 0.6) is 5.75 Å². The summed E-state index contributed by atoms with van der Waals surface area (Å²) in [7, 11) is 1.26. The van der Waals surface area contributed by atoms with E-state index < -0.39 is 35.3 Å². The summed E-state index contributed by atoms with van der Waals surface area (Å²) >= 11 is 0. The fourth-order valence-corrected chi connectivity index (χ4v) is 3.58. The third-order valence-corrected chi connectivity index (χ3v) is 5.16. The molecular weight excluding hydrogens is 420 g/mol. The smallest absolute Gasteiger partial charge is 0.411 e. The van der Waals surface area contributed by atoms with Crippen molar-refractivity contribution in [2.45, 2.75) is 52.4 Å². The summed E-state index contributed by atoms with van der Waals surface area (Å²) in [4.78, 5) is 26.5. The number of ether oxygens (including phenoxy) is 3. The molecule has 1 amide bonds. The number of fused-ring (bicyclic) bond motifs is 1. The minimum Gasteiger partial charge on any atom is -0.489 e. The summed E-state index contributed by atoms with van der Waals surface area (Å²) in [5.41, 5.74) is 0.845. The molecule has 0 saturated carbocycles. The molecule has 2 aromatic carbocycles. The second-order valence-corrected chi connectivity index (χ2v) is 8.66. The van der Waals surface area contributed by atoms with Gasteiger partial charge in [-0.2, -0.15) is 0 Å². The van der Waals surface area contributed by atoms with E-state index in [-0.39, 0.29) is 18.7 Å². The fraction of sp³-hybridized carbons (Fsp3) is 0.417. The Bertz CT molecular complexity index is 1030. The molecule has 0 aromatic heterocycles. The highest BCUT2D eigenvalue weighted by Crippen LogP contribution is 2.34. The van der Waals surface area contributed by atoms with Gasteiger partial charge in [-0.25, -0.2) is 18.4 Å². The van der Waals surface area contributed by atoms with Crippen LogP contribution in [0.1, 0.15) is 49.1 Å². The van der Waals surface area contributed by atoms with Gasteiger partial charge >= 0.3 is 12.1 Å². The summed E-state index contributed by atoms with van der Waals surface area (Å²) in [6.07, 6.45) is -0.156. The molecule has 0 unspecified atom stereocenters. The molecule has 1 aliphatic rings. The Hall–Kier alpha value is -3.16. The number of hydrogen-bond donors (Lipinski definition) is 0. The lowest BCUT2D eigenvalue weighted by atomic mass is 9.92. The van der Waals surface area contributed by atoms with Crippen LogP contribution >= 0.6 is 0 Å². The standard InChI is InChI=1S/C24H27F2NO5/c1-14-6-9-19(25)18(20(14)26)13-31-16-7-8-17-15(12-16)10-11-27(21(17)22(28)30-5)23(29)32-24(2,3)4/h6-9,12,21H,10-11,13H2,1-5H3/t21-/m1/s1. The SMILES string of the molecule is COC(=O)[C@H]1c2ccc(OCc3c(F)ccc(C)c3F)cc2CCN1C(=O)OC(C)(C)C. The number of amides is 1. The van der Waals surface area contributed by atoms with Gasteiger partial charge in [0.15, 0.2) is 6.04 Å². The summed E-state index contributed by atoms with van der Waals surface area (Å²) in [5, 5.41) is 0. The first-order valence-electron chi connectivity index (χ1n) is 10.3. The average Bonchev–Trinajstić information content (AvgIpc) is 2.73. The Morgan fingerprint density at radius 1 is 1.16 bits per heavy atom. The molecule has 1 heterocycles. The van der Waals surface area contributed by atoms with Crippen molar-refractivity contribution < 1.29 is 32.6 Å². The minimum atomic E-state index is -0.959. The number of benzene rings is 2. The van der Waals surface area contributed by atoms with E-state index >= 15 is 0 Å². The average molecular weight is 447 g/mol. The Labute approximate surface area is 186 Å². The summed E-state index contributed by atoms with van der Waals surface area (Å²) in [6.45, 7) is 6.77. The zero-order chi connectivity index (χ0) is 23.6. The van der Waals surface area contributed by atoms with Crippen LogP contribution in [0.4, 0.5) is 13.6 Å². The van der Waals surface area contributed by atoms with Crippen LogP contribution in [0.3, 0.4) is 0 Å². The molecule has 2 aromatic rings. The number of halogens is 2. The number of carbonyl (C=O) groups excluding carboxylic acids is 2. The molecule has 6 nitrogen and oxygen atoms in total. The van der Waals surface area contributed by atoms with Crippen LogP contribution in [-0.4, -0.2) is 36.2 Å². The highest BCUT2D eigenvalue weighted by atomic mass is 19.1. The number of esters is 1. The number of methoxy groups -OCH3 is 1. The highest BCUT2D eigenvalue weighted by Gasteiger charge is 2.39. The van der Waals surface area contributed by atoms with Crippen LogP contribution in [0, 0.1) is 18.6 Å². The van der Waals surface area contributed by atoms with E-state index in [0.29, 0.717) is 23.3 Å². The first-order valence-corrected chi connectivity index (χ1v) is 10.3. The zero-order valence-electron chi connectivity index (χ0n) is 18.8. The van der Waals surface area contributed by atoms with E-state index in [2.05, 4.69) is 0 Å². The van der Waals surface area contributed by atoms with Crippen molar-refractivity contribution in [1.29, 1.82) is 0 Å². The van der Waals surface area contributed by atoms with Crippen molar-refractivity contribution >= 4 is 12.1 Å². The van der Waals surface area contributed by atoms with Crippen molar-refractivity contribution in [3.05, 3.63) is 64.2 Å². The van der Waals surface area contributed by atoms with Gasteiger partial charge in [-0.1, -0.05) is 12.1 Å². The maximum Gasteiger partial charge on any atom is 0.411 e. The number of hydrogen-bond acceptors (Lipinski definition) is 5. The maximum atomic E-state index is 14.2. The first kappa shape index (κ1) is 23.5. The molecule has 0 bridgehead atoms. The molecule has 0 fully saturated rings. The lowest BCUT2D eigenvalue weighted by Crippen LogP contribution is -2.46. The molecule has 0 aliphatic carbocycles. The monoisotopic (exact) mass is 447 g/mol. The number of aryl methyl sites for hydroxylation is 1. The molecule has 0 saturated heterocycles. The molecule has 0 spiro atoms. The molecule has 8 heteroatoms. The van der Waals surface area contributed by atoms with Crippen molar-refractivity contribution in [2.24, 2.45) is 0 Å². The molecular formula is C24H27F2NO5. The summed E-state index contributed by atoms with van der Waals surface area (Å²) in [6, 6.07) is 6.58. The molecule has 1 aliphatic heterocycles. The normalized spacial score (nSPS) is 15.7. The third-order valence-electron chi connectivity index (χ3n) is 5.16. The van der Waals surface area contributed by atoms with Crippen LogP contribution in [0.2, 0.25) is 0 Å². The maximum absolute atomic E-state index is 14.2. The number of carbonyl (C=O) groups is 2. The Morgan fingerprint density at radius 3 is 2.53 bits per heavy atom. The molecule has 32 heavy (non-hydrogen) atoms. The topological polar surface area (TPSA) is 65.1 Å². The first-order chi connectivity index (χ1) is 15.0. The van der Waals surface area contributed by atoms with Gasteiger partial charge < -0.3 is 14.2 Å². The number of rotatable bonds is 4. The summed E-state index contributed by atoms with van der Waals surface area (Å²) in [5.74, 6) is -1.50. The molecule has 0 N–H and O–H groups in total. The van der Waals surface area contributed by atoms with Gasteiger partial charge in [0, 0.05) is 6.54 Å². The predicted molar refractivity (Wildman–Crippen MR) is 113 cm³/mol. The van der Waals surface area contributed by atoms with Crippen molar-refractivity contribution in [2.75, 3.05) is 13.7 Å². The van der Waals surface area contributed by atoms with Gasteiger partial charge in [0.2, 0.25) is 0 Å². The van der Waals surface area contributed by atoms with Gasteiger partial charge in [0.05, 0.1) is 12.7 Å². The van der Waals surface area contributed by atoms with E-state index in [0.717, 1.165) is 5.56 Å². The van der Waals surface area contributed by atoms with Gasteiger partial charge in [-0.05, 0) is 69.0 Å². The van der Waals surface area contributed by atoms with Crippen molar-refractivity contribution in [3.63, 3.8) is 0 Å². The van der Waals surface area contributed by atoms with E-state index in [4.69, 9.17) is 14.2 Å². The van der Waals surface area contributed by atoms with E-state index in [9.17, 15) is 18.4 Å². The van der Waals surface area contributed by atoms with E-state index in [1.807, 2.05) is 0 Å². The Balaban J connectivity index is 1.84. The highest BCUT2D eigenvalue weighted by molar-refractivity contribution is 5.84. The Kier molecular flexibility index (Phi) is 6.71. The van der Waals surface area contributed by atoms with Crippen LogP contribution in [0.25, 0.3) is 0 Å². The van der Waals surface area contributed by atoms with E-state index in [1.54, 1.807) is 45.9 Å². The van der Waals surface area contributed by atoms with Gasteiger partial charge in [0.1, 0.15) is 29.6 Å². The van der Waals surface area contributed by atoms with E-state index in [1.165, 1.54) is 24.1 Å². The van der Waals surface area contributed by atoms with Crippen LogP contribution < -0.4 is 4.74 Å². The summed E-state index contributed by atoms with van der Waals surface area (Å²) < 4.78 is 44.2. The quantitative estimate of drug-likeness (QED) is 0.627. The molecule has 1 atom stereocenters. The lowest BCUT2D eigenvalue weighted by molar-refractivity contribution is -0.147. The molecule has 3 rings (SSSR count). The minimum absolute atomic E-state index is 0.147. The van der Waals surface area contributed by atoms with Crippen molar-refractivity contribution in [3.8, 4) is 5.75 Å². The predicted octanol–water partition coefficient (Wildman–Crippen LogP) is 4.86. The van der Waals surface area contributed by atoms with Crippen LogP contribution in [0.15, 0.2) is 30.3 Å². The number of nitrogens with zero attached hydrogens (tertiary/aromatic N) is 1. The lowest BCUT2D eigenvalue weighted by Gasteiger charge is -2.36. The molecule has 0 radical (unpaired) electrons.